The summed E-state index contributed by atoms with van der Waals surface area (Å²) < 4.78 is 13.6. The van der Waals surface area contributed by atoms with Crippen LogP contribution < -0.4 is 5.32 Å². The van der Waals surface area contributed by atoms with Crippen molar-refractivity contribution >= 4 is 23.2 Å². The van der Waals surface area contributed by atoms with Gasteiger partial charge in [-0.3, -0.25) is 4.98 Å². The van der Waals surface area contributed by atoms with Crippen LogP contribution in [0.3, 0.4) is 0 Å². The average Bonchev–Trinajstić information content (AvgIpc) is 2.43. The first-order valence-corrected chi connectivity index (χ1v) is 7.05. The zero-order valence-corrected chi connectivity index (χ0v) is 12.7. The standard InChI is InChI=1S/C15H15Cl2FN2/c1-9(11-4-3-5-19-8-11)20-10(2)12-6-15(18)14(17)7-13(12)16/h3-10,20H,1-2H3/t9-,10?/m1/s1. The van der Waals surface area contributed by atoms with Crippen molar-refractivity contribution in [3.8, 4) is 0 Å². The van der Waals surface area contributed by atoms with Crippen molar-refractivity contribution in [2.24, 2.45) is 0 Å². The van der Waals surface area contributed by atoms with Crippen LogP contribution in [0.15, 0.2) is 36.7 Å². The fraction of sp³-hybridized carbons (Fsp3) is 0.267. The lowest BCUT2D eigenvalue weighted by atomic mass is 10.1. The highest BCUT2D eigenvalue weighted by molar-refractivity contribution is 6.35. The van der Waals surface area contributed by atoms with E-state index >= 15 is 0 Å². The Bertz CT molecular complexity index is 590. The van der Waals surface area contributed by atoms with Crippen molar-refractivity contribution in [1.82, 2.24) is 10.3 Å². The lowest BCUT2D eigenvalue weighted by molar-refractivity contribution is 0.491. The van der Waals surface area contributed by atoms with E-state index in [-0.39, 0.29) is 17.1 Å². The number of hydrogen-bond donors (Lipinski definition) is 1. The van der Waals surface area contributed by atoms with Crippen LogP contribution in [0.2, 0.25) is 10.0 Å². The number of nitrogens with one attached hydrogen (secondary N) is 1. The highest BCUT2D eigenvalue weighted by Gasteiger charge is 2.16. The summed E-state index contributed by atoms with van der Waals surface area (Å²) >= 11 is 11.8. The van der Waals surface area contributed by atoms with E-state index in [0.29, 0.717) is 10.6 Å². The smallest absolute Gasteiger partial charge is 0.142 e. The number of rotatable bonds is 4. The molecule has 2 aromatic rings. The fourth-order valence-electron chi connectivity index (χ4n) is 2.06. The van der Waals surface area contributed by atoms with Gasteiger partial charge in [0.25, 0.3) is 0 Å². The maximum absolute atomic E-state index is 13.6. The maximum Gasteiger partial charge on any atom is 0.142 e. The van der Waals surface area contributed by atoms with E-state index in [9.17, 15) is 4.39 Å². The molecular formula is C15H15Cl2FN2. The van der Waals surface area contributed by atoms with Crippen LogP contribution in [0.25, 0.3) is 0 Å². The molecule has 1 aromatic carbocycles. The van der Waals surface area contributed by atoms with Crippen molar-refractivity contribution < 1.29 is 4.39 Å². The maximum atomic E-state index is 13.6. The molecule has 1 heterocycles. The molecule has 0 aliphatic carbocycles. The van der Waals surface area contributed by atoms with Crippen LogP contribution in [0.1, 0.15) is 37.1 Å². The van der Waals surface area contributed by atoms with Gasteiger partial charge in [-0.1, -0.05) is 29.3 Å². The van der Waals surface area contributed by atoms with Crippen molar-refractivity contribution in [3.05, 3.63) is 63.6 Å². The quantitative estimate of drug-likeness (QED) is 0.809. The van der Waals surface area contributed by atoms with E-state index in [4.69, 9.17) is 23.2 Å². The summed E-state index contributed by atoms with van der Waals surface area (Å²) in [6.07, 6.45) is 3.53. The minimum atomic E-state index is -0.464. The third-order valence-electron chi connectivity index (χ3n) is 3.19. The van der Waals surface area contributed by atoms with E-state index in [2.05, 4.69) is 10.3 Å². The molecule has 1 N–H and O–H groups in total. The highest BCUT2D eigenvalue weighted by atomic mass is 35.5. The summed E-state index contributed by atoms with van der Waals surface area (Å²) in [7, 11) is 0. The molecule has 0 fully saturated rings. The molecular weight excluding hydrogens is 298 g/mol. The molecule has 1 unspecified atom stereocenters. The van der Waals surface area contributed by atoms with Gasteiger partial charge in [0.1, 0.15) is 5.82 Å². The van der Waals surface area contributed by atoms with Crippen molar-refractivity contribution in [3.63, 3.8) is 0 Å². The number of halogens is 3. The number of pyridine rings is 1. The second-order valence-corrected chi connectivity index (χ2v) is 5.50. The van der Waals surface area contributed by atoms with Crippen LogP contribution in [-0.4, -0.2) is 4.98 Å². The van der Waals surface area contributed by atoms with Gasteiger partial charge in [-0.05, 0) is 43.2 Å². The minimum absolute atomic E-state index is 0.0336. The van der Waals surface area contributed by atoms with Crippen LogP contribution >= 0.6 is 23.2 Å². The Morgan fingerprint density at radius 3 is 2.55 bits per heavy atom. The summed E-state index contributed by atoms with van der Waals surface area (Å²) in [5.41, 5.74) is 1.74. The number of hydrogen-bond acceptors (Lipinski definition) is 2. The molecule has 0 aliphatic rings. The Balaban J connectivity index is 2.16. The zero-order valence-electron chi connectivity index (χ0n) is 11.2. The first kappa shape index (κ1) is 15.2. The average molecular weight is 313 g/mol. The van der Waals surface area contributed by atoms with Gasteiger partial charge in [-0.2, -0.15) is 0 Å². The molecule has 20 heavy (non-hydrogen) atoms. The Morgan fingerprint density at radius 1 is 1.15 bits per heavy atom. The molecule has 0 radical (unpaired) electrons. The molecule has 0 saturated heterocycles. The van der Waals surface area contributed by atoms with E-state index in [1.165, 1.54) is 12.1 Å². The molecule has 0 aliphatic heterocycles. The third-order valence-corrected chi connectivity index (χ3v) is 3.81. The highest BCUT2D eigenvalue weighted by Crippen LogP contribution is 2.29. The summed E-state index contributed by atoms with van der Waals surface area (Å²) in [6, 6.07) is 6.64. The predicted molar refractivity (Wildman–Crippen MR) is 80.6 cm³/mol. The Kier molecular flexibility index (Phi) is 4.97. The van der Waals surface area contributed by atoms with Crippen molar-refractivity contribution in [1.29, 1.82) is 0 Å². The topological polar surface area (TPSA) is 24.9 Å². The van der Waals surface area contributed by atoms with Crippen LogP contribution in [0.5, 0.6) is 0 Å². The molecule has 2 nitrogen and oxygen atoms in total. The van der Waals surface area contributed by atoms with Gasteiger partial charge in [0.05, 0.1) is 5.02 Å². The van der Waals surface area contributed by atoms with Gasteiger partial charge >= 0.3 is 0 Å². The predicted octanol–water partition coefficient (Wildman–Crippen LogP) is 4.94. The van der Waals surface area contributed by atoms with E-state index in [1.54, 1.807) is 12.4 Å². The van der Waals surface area contributed by atoms with E-state index < -0.39 is 5.82 Å². The van der Waals surface area contributed by atoms with E-state index in [0.717, 1.165) is 5.56 Å². The minimum Gasteiger partial charge on any atom is -0.304 e. The van der Waals surface area contributed by atoms with E-state index in [1.807, 2.05) is 26.0 Å². The van der Waals surface area contributed by atoms with Gasteiger partial charge in [0.2, 0.25) is 0 Å². The zero-order chi connectivity index (χ0) is 14.7. The van der Waals surface area contributed by atoms with Gasteiger partial charge < -0.3 is 5.32 Å². The number of benzene rings is 1. The van der Waals surface area contributed by atoms with Crippen LogP contribution in [-0.2, 0) is 0 Å². The lowest BCUT2D eigenvalue weighted by Gasteiger charge is -2.21. The first-order chi connectivity index (χ1) is 9.49. The summed E-state index contributed by atoms with van der Waals surface area (Å²) in [4.78, 5) is 4.09. The van der Waals surface area contributed by atoms with Crippen molar-refractivity contribution in [2.45, 2.75) is 25.9 Å². The third kappa shape index (κ3) is 3.48. The van der Waals surface area contributed by atoms with Crippen LogP contribution in [0, 0.1) is 5.82 Å². The monoisotopic (exact) mass is 312 g/mol. The molecule has 2 atom stereocenters. The second-order valence-electron chi connectivity index (χ2n) is 4.68. The normalized spacial score (nSPS) is 14.1. The summed E-state index contributed by atoms with van der Waals surface area (Å²) in [5.74, 6) is -0.464. The van der Waals surface area contributed by atoms with Gasteiger partial charge in [0, 0.05) is 29.5 Å². The fourth-order valence-corrected chi connectivity index (χ4v) is 2.61. The Hall–Kier alpha value is -1.16. The van der Waals surface area contributed by atoms with Gasteiger partial charge in [-0.15, -0.1) is 0 Å². The Labute approximate surface area is 127 Å². The second kappa shape index (κ2) is 6.53. The molecule has 106 valence electrons. The lowest BCUT2D eigenvalue weighted by Crippen LogP contribution is -2.23. The molecule has 5 heteroatoms. The van der Waals surface area contributed by atoms with Gasteiger partial charge in [0.15, 0.2) is 0 Å². The first-order valence-electron chi connectivity index (χ1n) is 6.29. The molecule has 0 amide bonds. The van der Waals surface area contributed by atoms with Crippen LogP contribution in [0.4, 0.5) is 4.39 Å². The molecule has 1 aromatic heterocycles. The number of nitrogens with zero attached hydrogens (tertiary/aromatic N) is 1. The van der Waals surface area contributed by atoms with Crippen molar-refractivity contribution in [2.75, 3.05) is 0 Å². The summed E-state index contributed by atoms with van der Waals surface area (Å²) in [6.45, 7) is 3.95. The molecule has 2 rings (SSSR count). The van der Waals surface area contributed by atoms with Gasteiger partial charge in [-0.25, -0.2) is 4.39 Å². The molecule has 0 bridgehead atoms. The molecule has 0 spiro atoms. The largest absolute Gasteiger partial charge is 0.304 e. The summed E-state index contributed by atoms with van der Waals surface area (Å²) in [5, 5.41) is 3.85. The number of aromatic nitrogens is 1. The molecule has 0 saturated carbocycles. The Morgan fingerprint density at radius 2 is 1.90 bits per heavy atom. The SMILES string of the molecule is CC(N[C@H](C)c1cccnc1)c1cc(F)c(Cl)cc1Cl.